The molecular weight excluding hydrogens is 1640 g/mol. The number of carbonyl (C=O) groups is 18. The van der Waals surface area contributed by atoms with E-state index in [1.807, 2.05) is 0 Å². The summed E-state index contributed by atoms with van der Waals surface area (Å²) in [5, 5.41) is 69.0. The minimum atomic E-state index is -2.04. The van der Waals surface area contributed by atoms with Gasteiger partial charge in [-0.3, -0.25) is 86.3 Å². The van der Waals surface area contributed by atoms with Crippen molar-refractivity contribution in [3.05, 3.63) is 90.3 Å². The van der Waals surface area contributed by atoms with E-state index in [0.29, 0.717) is 45.0 Å². The molecule has 16 atom stereocenters. The highest BCUT2D eigenvalue weighted by atomic mass is 33.1. The van der Waals surface area contributed by atoms with Gasteiger partial charge in [0, 0.05) is 102 Å². The summed E-state index contributed by atoms with van der Waals surface area (Å²) in [4.78, 5) is 275. The highest BCUT2D eigenvalue weighted by molar-refractivity contribution is 8.76. The van der Waals surface area contributed by atoms with Crippen LogP contribution < -0.4 is 74.4 Å². The highest BCUT2D eigenvalue weighted by Gasteiger charge is 2.48. The first kappa shape index (κ1) is 94.7. The number of nitrogens with zero attached hydrogens (tertiary/aromatic N) is 3. The number of para-hydroxylation sites is 2. The number of carboxylic acid groups (broad SMARTS) is 2. The van der Waals surface area contributed by atoms with Gasteiger partial charge in [0.2, 0.25) is 95.0 Å². The van der Waals surface area contributed by atoms with E-state index in [4.69, 9.17) is 0 Å². The lowest BCUT2D eigenvalue weighted by atomic mass is 9.98. The van der Waals surface area contributed by atoms with Crippen LogP contribution in [0.1, 0.15) is 124 Å². The second-order valence-electron chi connectivity index (χ2n) is 32.2. The standard InChI is InChI=1S/C80H108N20O21S2/c1-38(2)22-52-68(109)84-32-62(103)88-51(19-20-63(104)105)69(110)91-53(23-39(3)4)74(115)97-65(40(5)6)78(119)94-55(25-44-30-83-50-17-12-10-15-48(44)50)71(112)96-59-35-123-122-34-58(75(116)87-41(7)67(108)89-54(24-43-29-82-49-16-11-9-14-47(43)49)70(111)92-56(72(113)90-52)26-45-31-81-36-85-45)95-73(114)57(28-64(106)107)93-77(118)61-27-46(86-37-101)33-100(61)79(120)60-18-13-21-99(60)80(121)66(42(8)102)98-76(59)117/h9-12,14-17,29-31,36-42,46,51-61,65-66,82-83,102H,13,18-28,32-35H2,1-8H3,(H,81,85)(H,84,109)(H,86,101)(H,87,116)(H,88,103)(H,89,108)(H,90,113)(H,91,110)(H,92,111)(H,93,118)(H,94,119)(H,95,114)(H,96,112)(H,97,115)(H,98,117)(H,104,105)(H,106,107)/t41-,42+,46-,51-,52-,53-,54-,55-,56-,57-,58-,59-,60+,61-,65-,66-/m0/s1. The number of amides is 16. The first-order valence-corrected chi connectivity index (χ1v) is 43.1. The van der Waals surface area contributed by atoms with Crippen LogP contribution in [-0.2, 0) is 106 Å². The van der Waals surface area contributed by atoms with E-state index in [9.17, 15) is 68.1 Å². The maximum atomic E-state index is 15.5. The Labute approximate surface area is 714 Å². The van der Waals surface area contributed by atoms with Crippen molar-refractivity contribution in [1.82, 2.24) is 104 Å². The molecule has 4 saturated heterocycles. The van der Waals surface area contributed by atoms with E-state index >= 15 is 33.6 Å². The fraction of sp³-hybridized carbons (Fsp3) is 0.537. The van der Waals surface area contributed by atoms with Gasteiger partial charge in [0.25, 0.3) is 0 Å². The molecule has 0 saturated carbocycles. The summed E-state index contributed by atoms with van der Waals surface area (Å²) in [6, 6.07) is -10.4. The number of nitrogens with one attached hydrogen (secondary N) is 17. The summed E-state index contributed by atoms with van der Waals surface area (Å²) in [5.74, 6) is -21.2. The Kier molecular flexibility index (Phi) is 33.9. The van der Waals surface area contributed by atoms with Crippen LogP contribution in [0.5, 0.6) is 0 Å². The number of carbonyl (C=O) groups excluding carboxylic acids is 16. The van der Waals surface area contributed by atoms with Crippen molar-refractivity contribution < 1.29 is 102 Å². The van der Waals surface area contributed by atoms with Crippen molar-refractivity contribution in [3.8, 4) is 0 Å². The molecule has 0 spiro atoms. The topological polar surface area (TPSA) is 603 Å². The zero-order chi connectivity index (χ0) is 89.6. The summed E-state index contributed by atoms with van der Waals surface area (Å²) in [6.07, 6.45) is 0.705. The molecule has 0 unspecified atom stereocenters. The number of hydrogen-bond acceptors (Lipinski definition) is 22. The normalized spacial score (nSPS) is 26.7. The second-order valence-corrected chi connectivity index (χ2v) is 34.7. The SMILES string of the molecule is CC(C)C[C@@H]1NC(=O)[C@H](Cc2cnc[nH]2)NC(=O)[C@H](Cc2c[nH]c3ccccc23)NC(=O)[C@H](C)NC(=O)[C@@H]2CSSC[C@H](NC(=O)[C@H](Cc3c[nH]c4ccccc34)NC(=O)[C@H](C(C)C)NC(=O)[C@H](CC(C)C)NC(=O)[C@H](CCC(=O)O)NC(=O)CNC1=O)C(=O)N[C@@H]([C@@H](C)O)C(=O)N1CCC[C@@H]1C(=O)N1C[C@@H](NC=O)C[C@H]1C(=O)N[C@@H](CC(=O)O)C(=O)N2. The van der Waals surface area contributed by atoms with Gasteiger partial charge in [-0.25, -0.2) is 4.98 Å². The van der Waals surface area contributed by atoms with E-state index in [1.54, 1.807) is 102 Å². The summed E-state index contributed by atoms with van der Waals surface area (Å²) < 4.78 is 0. The number of carboxylic acids is 2. The summed E-state index contributed by atoms with van der Waals surface area (Å²) in [6.45, 7) is 11.0. The van der Waals surface area contributed by atoms with Crippen LogP contribution in [0.25, 0.3) is 21.8 Å². The predicted molar refractivity (Wildman–Crippen MR) is 445 cm³/mol. The maximum Gasteiger partial charge on any atom is 0.305 e. The molecule has 43 heteroatoms. The number of hydrogen-bond donors (Lipinski definition) is 20. The Morgan fingerprint density at radius 1 is 0.528 bits per heavy atom. The van der Waals surface area contributed by atoms with Gasteiger partial charge in [0.05, 0.1) is 25.4 Å². The summed E-state index contributed by atoms with van der Waals surface area (Å²) in [5.41, 5.74) is 2.43. The zero-order valence-electron chi connectivity index (χ0n) is 69.1. The van der Waals surface area contributed by atoms with Gasteiger partial charge < -0.3 is 115 Å². The van der Waals surface area contributed by atoms with Gasteiger partial charge in [0.15, 0.2) is 0 Å². The molecule has 2 aromatic carbocycles. The van der Waals surface area contributed by atoms with Crippen LogP contribution >= 0.6 is 21.6 Å². The first-order chi connectivity index (χ1) is 58.5. The van der Waals surface area contributed by atoms with Crippen LogP contribution in [0.4, 0.5) is 0 Å². The number of aliphatic carboxylic acids is 2. The van der Waals surface area contributed by atoms with Gasteiger partial charge in [-0.05, 0) is 93.4 Å². The maximum absolute atomic E-state index is 15.5. The first-order valence-electron chi connectivity index (χ1n) is 40.6. The van der Waals surface area contributed by atoms with Crippen LogP contribution in [0.15, 0.2) is 73.4 Å². The largest absolute Gasteiger partial charge is 0.481 e. The molecule has 9 rings (SSSR count). The molecule has 2 bridgehead atoms. The average Bonchev–Trinajstić information content (AvgIpc) is 1.65. The number of aliphatic hydroxyl groups is 1. The van der Waals surface area contributed by atoms with Gasteiger partial charge in [0.1, 0.15) is 84.6 Å². The van der Waals surface area contributed by atoms with Crippen molar-refractivity contribution in [2.45, 2.75) is 223 Å². The quantitative estimate of drug-likeness (QED) is 0.0288. The molecule has 41 nitrogen and oxygen atoms in total. The molecule has 666 valence electrons. The number of fused-ring (bicyclic) bond motifs is 9. The molecular formula is C80H108N20O21S2. The Balaban J connectivity index is 1.15. The Hall–Kier alpha value is -12.1. The molecule has 4 aliphatic rings. The van der Waals surface area contributed by atoms with Crippen molar-refractivity contribution in [2.75, 3.05) is 31.1 Å². The molecule has 20 N–H and O–H groups in total. The molecule has 4 aliphatic heterocycles. The third-order valence-corrected chi connectivity index (χ3v) is 23.8. The zero-order valence-corrected chi connectivity index (χ0v) is 70.8. The van der Waals surface area contributed by atoms with Gasteiger partial charge in [-0.2, -0.15) is 0 Å². The number of imidazole rings is 1. The van der Waals surface area contributed by atoms with E-state index < -0.39 is 241 Å². The monoisotopic (exact) mass is 1750 g/mol. The number of benzene rings is 2. The molecule has 16 amide bonds. The molecule has 0 aliphatic carbocycles. The lowest BCUT2D eigenvalue weighted by Gasteiger charge is -2.34. The fourth-order valence-electron chi connectivity index (χ4n) is 14.9. The van der Waals surface area contributed by atoms with E-state index in [-0.39, 0.29) is 76.3 Å². The summed E-state index contributed by atoms with van der Waals surface area (Å²) >= 11 is 0. The molecule has 7 heterocycles. The summed E-state index contributed by atoms with van der Waals surface area (Å²) in [7, 11) is 1.52. The van der Waals surface area contributed by atoms with Crippen LogP contribution in [0.3, 0.4) is 0 Å². The lowest BCUT2D eigenvalue weighted by Crippen LogP contribution is -2.63. The van der Waals surface area contributed by atoms with Crippen LogP contribution in [-0.4, -0.2) is 280 Å². The molecule has 123 heavy (non-hydrogen) atoms. The minimum absolute atomic E-state index is 0.0314. The van der Waals surface area contributed by atoms with Crippen molar-refractivity contribution in [2.24, 2.45) is 17.8 Å². The van der Waals surface area contributed by atoms with Crippen LogP contribution in [0, 0.1) is 17.8 Å². The molecule has 4 fully saturated rings. The third-order valence-electron chi connectivity index (χ3n) is 21.4. The minimum Gasteiger partial charge on any atom is -0.481 e. The fourth-order valence-corrected chi connectivity index (χ4v) is 17.3. The smallest absolute Gasteiger partial charge is 0.305 e. The predicted octanol–water partition coefficient (Wildman–Crippen LogP) is -3.06. The molecule has 3 aromatic heterocycles. The Bertz CT molecular complexity index is 4710. The van der Waals surface area contributed by atoms with Crippen molar-refractivity contribution in [3.63, 3.8) is 0 Å². The van der Waals surface area contributed by atoms with Crippen LogP contribution in [0.2, 0.25) is 0 Å². The van der Waals surface area contributed by atoms with Crippen molar-refractivity contribution in [1.29, 1.82) is 0 Å². The van der Waals surface area contributed by atoms with E-state index in [1.165, 1.54) is 26.4 Å². The molecule has 0 radical (unpaired) electrons. The second kappa shape index (κ2) is 44.1. The average molecular weight is 1750 g/mol. The van der Waals surface area contributed by atoms with E-state index in [0.717, 1.165) is 31.4 Å². The number of H-pyrrole nitrogens is 3. The molecule has 5 aromatic rings. The number of aromatic nitrogens is 4. The van der Waals surface area contributed by atoms with Gasteiger partial charge >= 0.3 is 11.9 Å². The van der Waals surface area contributed by atoms with Crippen molar-refractivity contribution >= 4 is 150 Å². The van der Waals surface area contributed by atoms with E-state index in [2.05, 4.69) is 94.4 Å². The number of aromatic amines is 3. The Morgan fingerprint density at radius 3 is 1.58 bits per heavy atom. The number of rotatable bonds is 19. The van der Waals surface area contributed by atoms with Gasteiger partial charge in [-0.15, -0.1) is 0 Å². The highest BCUT2D eigenvalue weighted by Crippen LogP contribution is 2.30. The third kappa shape index (κ3) is 26.2. The lowest BCUT2D eigenvalue weighted by molar-refractivity contribution is -0.149. The number of aliphatic hydroxyl groups excluding tert-OH is 1. The Morgan fingerprint density at radius 2 is 1.03 bits per heavy atom. The van der Waals surface area contributed by atoms with Gasteiger partial charge in [-0.1, -0.05) is 99.5 Å².